The van der Waals surface area contributed by atoms with Crippen molar-refractivity contribution >= 4 is 56.2 Å². The summed E-state index contributed by atoms with van der Waals surface area (Å²) in [5.74, 6) is 0.308. The smallest absolute Gasteiger partial charge is 0.312 e. The molecule has 19 heavy (non-hydrogen) atoms. The summed E-state index contributed by atoms with van der Waals surface area (Å²) in [4.78, 5) is 15.0. The third-order valence-corrected chi connectivity index (χ3v) is 4.34. The molecule has 100 valence electrons. The lowest BCUT2D eigenvalue weighted by atomic mass is 10.3. The molecule has 0 aliphatic carbocycles. The molecule has 0 aliphatic rings. The van der Waals surface area contributed by atoms with Gasteiger partial charge in [0, 0.05) is 10.5 Å². The molecule has 1 heterocycles. The number of thiazole rings is 1. The third kappa shape index (κ3) is 3.36. The van der Waals surface area contributed by atoms with E-state index in [1.807, 2.05) is 0 Å². The highest BCUT2D eigenvalue weighted by atomic mass is 79.9. The molecule has 0 N–H and O–H groups in total. The second-order valence-electron chi connectivity index (χ2n) is 3.30. The van der Waals surface area contributed by atoms with Crippen LogP contribution in [0.1, 0.15) is 4.88 Å². The number of halogens is 3. The van der Waals surface area contributed by atoms with Gasteiger partial charge in [-0.15, -0.1) is 11.6 Å². The second-order valence-corrected chi connectivity index (χ2v) is 5.89. The number of hydrogen-bond acceptors (Lipinski definition) is 5. The predicted octanol–water partition coefficient (Wildman–Crippen LogP) is 5.00. The summed E-state index contributed by atoms with van der Waals surface area (Å²) < 4.78 is 5.98. The van der Waals surface area contributed by atoms with Crippen molar-refractivity contribution in [1.29, 1.82) is 0 Å². The molecule has 0 saturated carbocycles. The minimum Gasteiger partial charge on any atom is -0.423 e. The zero-order valence-electron chi connectivity index (χ0n) is 9.10. The van der Waals surface area contributed by atoms with E-state index in [1.165, 1.54) is 12.1 Å². The normalized spacial score (nSPS) is 10.5. The number of hydrogen-bond donors (Lipinski definition) is 0. The molecular weight excluding hydrogens is 379 g/mol. The summed E-state index contributed by atoms with van der Waals surface area (Å²) >= 11 is 15.8. The van der Waals surface area contributed by atoms with E-state index >= 15 is 0 Å². The van der Waals surface area contributed by atoms with Gasteiger partial charge < -0.3 is 4.74 Å². The highest BCUT2D eigenvalue weighted by Crippen LogP contribution is 2.37. The molecular formula is C10H5BrCl2N2O3S. The molecule has 0 radical (unpaired) electrons. The minimum atomic E-state index is -0.530. The number of alkyl halides is 1. The zero-order valence-corrected chi connectivity index (χ0v) is 13.0. The molecule has 2 aromatic rings. The van der Waals surface area contributed by atoms with Gasteiger partial charge in [0.1, 0.15) is 5.15 Å². The van der Waals surface area contributed by atoms with E-state index in [1.54, 1.807) is 6.07 Å². The van der Waals surface area contributed by atoms with E-state index in [0.717, 1.165) is 11.3 Å². The Balaban J connectivity index is 2.34. The van der Waals surface area contributed by atoms with Gasteiger partial charge in [0.2, 0.25) is 5.75 Å². The Labute approximate surface area is 130 Å². The number of nitro groups is 1. The molecule has 0 atom stereocenters. The number of nitro benzene ring substituents is 1. The fourth-order valence-electron chi connectivity index (χ4n) is 1.25. The van der Waals surface area contributed by atoms with Crippen molar-refractivity contribution in [1.82, 2.24) is 4.98 Å². The molecule has 0 spiro atoms. The van der Waals surface area contributed by atoms with Gasteiger partial charge in [-0.25, -0.2) is 0 Å². The van der Waals surface area contributed by atoms with Crippen LogP contribution in [0.25, 0.3) is 0 Å². The molecule has 1 aromatic heterocycles. The lowest BCUT2D eigenvalue weighted by Crippen LogP contribution is -1.93. The Morgan fingerprint density at radius 2 is 2.26 bits per heavy atom. The molecule has 0 unspecified atom stereocenters. The van der Waals surface area contributed by atoms with Crippen molar-refractivity contribution in [2.75, 3.05) is 0 Å². The molecule has 0 bridgehead atoms. The van der Waals surface area contributed by atoms with Crippen molar-refractivity contribution in [3.63, 3.8) is 0 Å². The van der Waals surface area contributed by atoms with Gasteiger partial charge in [-0.2, -0.15) is 4.98 Å². The minimum absolute atomic E-state index is 0.0970. The maximum atomic E-state index is 10.9. The van der Waals surface area contributed by atoms with Gasteiger partial charge in [0.25, 0.3) is 5.19 Å². The van der Waals surface area contributed by atoms with Gasteiger partial charge in [-0.05, 0) is 12.1 Å². The molecule has 0 fully saturated rings. The van der Waals surface area contributed by atoms with Crippen molar-refractivity contribution < 1.29 is 9.66 Å². The van der Waals surface area contributed by atoms with Crippen LogP contribution in [0, 0.1) is 10.1 Å². The first-order valence-corrected chi connectivity index (χ1v) is 7.36. The summed E-state index contributed by atoms with van der Waals surface area (Å²) in [6.07, 6.45) is 0. The molecule has 5 nitrogen and oxygen atoms in total. The van der Waals surface area contributed by atoms with E-state index in [9.17, 15) is 10.1 Å². The summed E-state index contributed by atoms with van der Waals surface area (Å²) in [7, 11) is 0. The quantitative estimate of drug-likeness (QED) is 0.423. The summed E-state index contributed by atoms with van der Waals surface area (Å²) in [5.41, 5.74) is -0.159. The van der Waals surface area contributed by atoms with E-state index in [-0.39, 0.29) is 27.7 Å². The largest absolute Gasteiger partial charge is 0.423 e. The highest BCUT2D eigenvalue weighted by Gasteiger charge is 2.18. The van der Waals surface area contributed by atoms with Gasteiger partial charge in [-0.1, -0.05) is 38.9 Å². The average Bonchev–Trinajstić information content (AvgIpc) is 2.71. The SMILES string of the molecule is O=[N+]([O-])c1cc(Br)ccc1Oc1nc(Cl)c(CCl)s1. The van der Waals surface area contributed by atoms with E-state index in [0.29, 0.717) is 9.35 Å². The van der Waals surface area contributed by atoms with Crippen LogP contribution in [0.15, 0.2) is 22.7 Å². The van der Waals surface area contributed by atoms with E-state index < -0.39 is 4.92 Å². The average molecular weight is 384 g/mol. The Hall–Kier alpha value is -0.890. The number of rotatable bonds is 4. The van der Waals surface area contributed by atoms with Crippen molar-refractivity contribution in [3.8, 4) is 10.9 Å². The predicted molar refractivity (Wildman–Crippen MR) is 77.6 cm³/mol. The maximum absolute atomic E-state index is 10.9. The van der Waals surface area contributed by atoms with Crippen LogP contribution in [0.2, 0.25) is 5.15 Å². The molecule has 9 heteroatoms. The van der Waals surface area contributed by atoms with E-state index in [2.05, 4.69) is 20.9 Å². The molecule has 0 amide bonds. The van der Waals surface area contributed by atoms with Crippen LogP contribution in [0.4, 0.5) is 5.69 Å². The highest BCUT2D eigenvalue weighted by molar-refractivity contribution is 9.10. The molecule has 0 saturated heterocycles. The second kappa shape index (κ2) is 6.04. The van der Waals surface area contributed by atoms with Crippen LogP contribution in [0.3, 0.4) is 0 Å². The van der Waals surface area contributed by atoms with Gasteiger partial charge in [0.15, 0.2) is 0 Å². The van der Waals surface area contributed by atoms with E-state index in [4.69, 9.17) is 27.9 Å². The molecule has 1 aromatic carbocycles. The van der Waals surface area contributed by atoms with Crippen molar-refractivity contribution in [2.24, 2.45) is 0 Å². The number of benzene rings is 1. The topological polar surface area (TPSA) is 65.3 Å². The summed E-state index contributed by atoms with van der Waals surface area (Å²) in [6.45, 7) is 0. The summed E-state index contributed by atoms with van der Waals surface area (Å²) in [6, 6.07) is 4.48. The number of ether oxygens (including phenoxy) is 1. The van der Waals surface area contributed by atoms with Crippen LogP contribution < -0.4 is 4.74 Å². The van der Waals surface area contributed by atoms with Gasteiger partial charge >= 0.3 is 5.69 Å². The van der Waals surface area contributed by atoms with Crippen LogP contribution in [-0.4, -0.2) is 9.91 Å². The maximum Gasteiger partial charge on any atom is 0.312 e. The Bertz CT molecular complexity index is 635. The zero-order chi connectivity index (χ0) is 14.0. The molecule has 0 aliphatic heterocycles. The van der Waals surface area contributed by atoms with Crippen molar-refractivity contribution in [2.45, 2.75) is 5.88 Å². The number of nitrogens with zero attached hydrogens (tertiary/aromatic N) is 2. The Morgan fingerprint density at radius 3 is 2.84 bits per heavy atom. The van der Waals surface area contributed by atoms with Crippen LogP contribution >= 0.6 is 50.5 Å². The third-order valence-electron chi connectivity index (χ3n) is 2.07. The Kier molecular flexibility index (Phi) is 4.62. The lowest BCUT2D eigenvalue weighted by molar-refractivity contribution is -0.385. The number of aromatic nitrogens is 1. The monoisotopic (exact) mass is 382 g/mol. The first kappa shape index (κ1) is 14.5. The lowest BCUT2D eigenvalue weighted by Gasteiger charge is -2.02. The van der Waals surface area contributed by atoms with Crippen LogP contribution in [0.5, 0.6) is 10.9 Å². The fraction of sp³-hybridized carbons (Fsp3) is 0.100. The first-order chi connectivity index (χ1) is 9.01. The standard InChI is InChI=1S/C10H5BrCl2N2O3S/c11-5-1-2-7(6(3-5)15(16)17)18-10-14-9(13)8(4-12)19-10/h1-3H,4H2. The summed E-state index contributed by atoms with van der Waals surface area (Å²) in [5, 5.41) is 11.4. The first-order valence-electron chi connectivity index (χ1n) is 4.84. The molecule has 2 rings (SSSR count). The van der Waals surface area contributed by atoms with Crippen LogP contribution in [-0.2, 0) is 5.88 Å². The van der Waals surface area contributed by atoms with Gasteiger partial charge in [0.05, 0.1) is 15.7 Å². The van der Waals surface area contributed by atoms with Crippen molar-refractivity contribution in [3.05, 3.63) is 42.8 Å². The van der Waals surface area contributed by atoms with Gasteiger partial charge in [-0.3, -0.25) is 10.1 Å². The fourth-order valence-corrected chi connectivity index (χ4v) is 2.93. The Morgan fingerprint density at radius 1 is 1.53 bits per heavy atom.